The van der Waals surface area contributed by atoms with Crippen LogP contribution in [0.15, 0.2) is 48.8 Å². The highest BCUT2D eigenvalue weighted by molar-refractivity contribution is 5.93. The number of carbonyl (C=O) groups excluding carboxylic acids is 1. The maximum atomic E-state index is 12.6. The van der Waals surface area contributed by atoms with Crippen molar-refractivity contribution >= 4 is 5.91 Å². The number of nitrogens with one attached hydrogen (secondary N) is 2. The van der Waals surface area contributed by atoms with Gasteiger partial charge in [-0.2, -0.15) is 0 Å². The molecule has 2 saturated heterocycles. The predicted molar refractivity (Wildman–Crippen MR) is 102 cm³/mol. The molecule has 26 heavy (non-hydrogen) atoms. The Hall–Kier alpha value is -2.24. The van der Waals surface area contributed by atoms with Crippen molar-refractivity contribution in [3.05, 3.63) is 65.5 Å². The molecule has 0 saturated carbocycles. The van der Waals surface area contributed by atoms with Crippen LogP contribution in [0.2, 0.25) is 0 Å². The third-order valence-electron chi connectivity index (χ3n) is 5.74. The molecule has 0 aliphatic carbocycles. The van der Waals surface area contributed by atoms with E-state index >= 15 is 0 Å². The first-order chi connectivity index (χ1) is 12.7. The summed E-state index contributed by atoms with van der Waals surface area (Å²) in [6, 6.07) is 12.9. The molecule has 3 heterocycles. The van der Waals surface area contributed by atoms with E-state index in [9.17, 15) is 4.79 Å². The first kappa shape index (κ1) is 17.2. The Balaban J connectivity index is 1.40. The quantitative estimate of drug-likeness (QED) is 0.893. The molecule has 1 amide bonds. The zero-order valence-electron chi connectivity index (χ0n) is 15.2. The molecular weight excluding hydrogens is 324 g/mol. The van der Waals surface area contributed by atoms with Gasteiger partial charge in [-0.25, -0.2) is 0 Å². The standard InChI is InChI=1S/C21H26N4O/c1-15-4-2-5-17(12-15)19-14-23-24-20(19)16-7-10-25(11-8-16)21(26)18-6-3-9-22-13-18/h2-6,9,12-13,16,19-20,23-24H,7-8,10-11,14H2,1H3. The van der Waals surface area contributed by atoms with Gasteiger partial charge in [0.25, 0.3) is 5.91 Å². The first-order valence-corrected chi connectivity index (χ1v) is 9.46. The Kier molecular flexibility index (Phi) is 5.00. The number of piperidine rings is 1. The minimum Gasteiger partial charge on any atom is -0.339 e. The molecule has 2 aromatic rings. The maximum absolute atomic E-state index is 12.6. The number of aryl methyl sites for hydroxylation is 1. The van der Waals surface area contributed by atoms with Crippen molar-refractivity contribution in [2.75, 3.05) is 19.6 Å². The van der Waals surface area contributed by atoms with Crippen LogP contribution in [0.3, 0.4) is 0 Å². The Morgan fingerprint density at radius 3 is 2.77 bits per heavy atom. The number of rotatable bonds is 3. The Morgan fingerprint density at radius 2 is 2.04 bits per heavy atom. The van der Waals surface area contributed by atoms with Crippen molar-refractivity contribution in [3.8, 4) is 0 Å². The number of hydrogen-bond acceptors (Lipinski definition) is 4. The summed E-state index contributed by atoms with van der Waals surface area (Å²) in [7, 11) is 0. The Morgan fingerprint density at radius 1 is 1.19 bits per heavy atom. The fraction of sp³-hybridized carbons (Fsp3) is 0.429. The van der Waals surface area contributed by atoms with Gasteiger partial charge in [-0.05, 0) is 43.4 Å². The average molecular weight is 350 g/mol. The molecule has 2 N–H and O–H groups in total. The fourth-order valence-electron chi connectivity index (χ4n) is 4.32. The number of hydrazine groups is 1. The molecule has 0 radical (unpaired) electrons. The molecule has 2 aliphatic heterocycles. The number of amides is 1. The predicted octanol–water partition coefficient (Wildman–Crippen LogP) is 2.50. The summed E-state index contributed by atoms with van der Waals surface area (Å²) >= 11 is 0. The van der Waals surface area contributed by atoms with Crippen LogP contribution in [0.1, 0.15) is 40.2 Å². The Bertz CT molecular complexity index is 756. The van der Waals surface area contributed by atoms with Gasteiger partial charge in [0, 0.05) is 44.0 Å². The largest absolute Gasteiger partial charge is 0.339 e. The number of benzene rings is 1. The highest BCUT2D eigenvalue weighted by Gasteiger charge is 2.37. The monoisotopic (exact) mass is 350 g/mol. The van der Waals surface area contributed by atoms with Gasteiger partial charge in [-0.3, -0.25) is 20.6 Å². The van der Waals surface area contributed by atoms with E-state index in [1.807, 2.05) is 17.0 Å². The third-order valence-corrected chi connectivity index (χ3v) is 5.74. The van der Waals surface area contributed by atoms with E-state index in [2.05, 4.69) is 47.0 Å². The molecule has 2 fully saturated rings. The van der Waals surface area contributed by atoms with Crippen LogP contribution in [-0.2, 0) is 0 Å². The van der Waals surface area contributed by atoms with Crippen LogP contribution >= 0.6 is 0 Å². The van der Waals surface area contributed by atoms with Gasteiger partial charge in [0.1, 0.15) is 0 Å². The van der Waals surface area contributed by atoms with Gasteiger partial charge in [-0.15, -0.1) is 0 Å². The summed E-state index contributed by atoms with van der Waals surface area (Å²) in [4.78, 5) is 18.6. The lowest BCUT2D eigenvalue weighted by atomic mass is 9.80. The minimum absolute atomic E-state index is 0.101. The van der Waals surface area contributed by atoms with E-state index < -0.39 is 0 Å². The average Bonchev–Trinajstić information content (AvgIpc) is 3.18. The second kappa shape index (κ2) is 7.56. The summed E-state index contributed by atoms with van der Waals surface area (Å²) in [5.74, 6) is 1.17. The van der Waals surface area contributed by atoms with Crippen LogP contribution in [-0.4, -0.2) is 41.5 Å². The molecule has 2 unspecified atom stereocenters. The molecule has 1 aromatic heterocycles. The van der Waals surface area contributed by atoms with Crippen molar-refractivity contribution in [1.29, 1.82) is 0 Å². The molecule has 5 nitrogen and oxygen atoms in total. The SMILES string of the molecule is Cc1cccc(C2CNNC2C2CCN(C(=O)c3cccnc3)CC2)c1. The molecule has 1 aromatic carbocycles. The van der Waals surface area contributed by atoms with Crippen LogP contribution in [0, 0.1) is 12.8 Å². The van der Waals surface area contributed by atoms with Gasteiger partial charge in [0.15, 0.2) is 0 Å². The lowest BCUT2D eigenvalue weighted by molar-refractivity contribution is 0.0669. The molecule has 4 rings (SSSR count). The van der Waals surface area contributed by atoms with Crippen LogP contribution in [0.4, 0.5) is 0 Å². The second-order valence-electron chi connectivity index (χ2n) is 7.44. The maximum Gasteiger partial charge on any atom is 0.255 e. The van der Waals surface area contributed by atoms with Crippen molar-refractivity contribution in [2.24, 2.45) is 5.92 Å². The molecule has 136 valence electrons. The number of nitrogens with zero attached hydrogens (tertiary/aromatic N) is 2. The minimum atomic E-state index is 0.101. The molecule has 0 bridgehead atoms. The number of likely N-dealkylation sites (tertiary alicyclic amines) is 1. The Labute approximate surface area is 154 Å². The van der Waals surface area contributed by atoms with Crippen molar-refractivity contribution in [2.45, 2.75) is 31.7 Å². The van der Waals surface area contributed by atoms with E-state index in [0.29, 0.717) is 23.4 Å². The number of aromatic nitrogens is 1. The van der Waals surface area contributed by atoms with Crippen LogP contribution in [0.5, 0.6) is 0 Å². The molecule has 5 heteroatoms. The molecule has 2 aliphatic rings. The number of hydrogen-bond donors (Lipinski definition) is 2. The highest BCUT2D eigenvalue weighted by atomic mass is 16.2. The normalized spacial score (nSPS) is 24.0. The highest BCUT2D eigenvalue weighted by Crippen LogP contribution is 2.32. The second-order valence-corrected chi connectivity index (χ2v) is 7.44. The van der Waals surface area contributed by atoms with Crippen LogP contribution in [0.25, 0.3) is 0 Å². The van der Waals surface area contributed by atoms with E-state index in [0.717, 1.165) is 32.5 Å². The van der Waals surface area contributed by atoms with E-state index in [-0.39, 0.29) is 5.91 Å². The van der Waals surface area contributed by atoms with Gasteiger partial charge < -0.3 is 4.90 Å². The zero-order chi connectivity index (χ0) is 17.9. The van der Waals surface area contributed by atoms with Crippen molar-refractivity contribution < 1.29 is 4.79 Å². The molecular formula is C21H26N4O. The van der Waals surface area contributed by atoms with Gasteiger partial charge in [0.05, 0.1) is 5.56 Å². The topological polar surface area (TPSA) is 57.3 Å². The van der Waals surface area contributed by atoms with Gasteiger partial charge >= 0.3 is 0 Å². The van der Waals surface area contributed by atoms with Crippen molar-refractivity contribution in [3.63, 3.8) is 0 Å². The van der Waals surface area contributed by atoms with Crippen LogP contribution < -0.4 is 10.9 Å². The summed E-state index contributed by atoms with van der Waals surface area (Å²) in [6.45, 7) is 4.74. The fourth-order valence-corrected chi connectivity index (χ4v) is 4.32. The van der Waals surface area contributed by atoms with Gasteiger partial charge in [-0.1, -0.05) is 29.8 Å². The summed E-state index contributed by atoms with van der Waals surface area (Å²) in [5.41, 5.74) is 10.3. The molecule has 2 atom stereocenters. The number of carbonyl (C=O) groups is 1. The summed E-state index contributed by atoms with van der Waals surface area (Å²) in [6.07, 6.45) is 5.43. The number of pyridine rings is 1. The van der Waals surface area contributed by atoms with E-state index in [4.69, 9.17) is 0 Å². The lowest BCUT2D eigenvalue weighted by Gasteiger charge is -2.36. The van der Waals surface area contributed by atoms with E-state index in [1.165, 1.54) is 11.1 Å². The smallest absolute Gasteiger partial charge is 0.255 e. The first-order valence-electron chi connectivity index (χ1n) is 9.46. The van der Waals surface area contributed by atoms with Gasteiger partial charge in [0.2, 0.25) is 0 Å². The lowest BCUT2D eigenvalue weighted by Crippen LogP contribution is -2.45. The summed E-state index contributed by atoms with van der Waals surface area (Å²) in [5, 5.41) is 0. The third kappa shape index (κ3) is 3.50. The zero-order valence-corrected chi connectivity index (χ0v) is 15.2. The van der Waals surface area contributed by atoms with Crippen molar-refractivity contribution in [1.82, 2.24) is 20.7 Å². The van der Waals surface area contributed by atoms with E-state index in [1.54, 1.807) is 12.4 Å². The summed E-state index contributed by atoms with van der Waals surface area (Å²) < 4.78 is 0. The molecule has 0 spiro atoms.